The zero-order valence-electron chi connectivity index (χ0n) is 24.8. The Kier molecular flexibility index (Phi) is 14.6. The molecular formula is C26H45F6NO7S. The maximum atomic E-state index is 13.1. The van der Waals surface area contributed by atoms with Gasteiger partial charge in [-0.2, -0.15) is 26.3 Å². The van der Waals surface area contributed by atoms with Crippen molar-refractivity contribution in [3.05, 3.63) is 0 Å². The number of halogens is 6. The van der Waals surface area contributed by atoms with Gasteiger partial charge in [0, 0.05) is 13.0 Å². The van der Waals surface area contributed by atoms with Crippen LogP contribution in [0.4, 0.5) is 26.3 Å². The molecule has 41 heavy (non-hydrogen) atoms. The largest absolute Gasteiger partial charge is 0.464 e. The summed E-state index contributed by atoms with van der Waals surface area (Å²) in [4.78, 5) is 23.7. The average molecular weight is 630 g/mol. The first-order valence-electron chi connectivity index (χ1n) is 13.5. The predicted octanol–water partition coefficient (Wildman–Crippen LogP) is 5.68. The van der Waals surface area contributed by atoms with E-state index < -0.39 is 63.2 Å². The van der Waals surface area contributed by atoms with Crippen molar-refractivity contribution in [3.63, 3.8) is 0 Å². The fourth-order valence-corrected chi connectivity index (χ4v) is 4.10. The topological polar surface area (TPSA) is 119 Å². The molecule has 0 amide bonds. The van der Waals surface area contributed by atoms with Gasteiger partial charge in [0.25, 0.3) is 5.60 Å². The van der Waals surface area contributed by atoms with Crippen molar-refractivity contribution in [1.82, 2.24) is 4.72 Å². The lowest BCUT2D eigenvalue weighted by atomic mass is 9.80. The summed E-state index contributed by atoms with van der Waals surface area (Å²) >= 11 is 0. The van der Waals surface area contributed by atoms with Gasteiger partial charge in [-0.15, -0.1) is 0 Å². The van der Waals surface area contributed by atoms with Crippen molar-refractivity contribution in [3.8, 4) is 0 Å². The van der Waals surface area contributed by atoms with Crippen LogP contribution < -0.4 is 4.72 Å². The van der Waals surface area contributed by atoms with E-state index in [1.54, 1.807) is 20.8 Å². The van der Waals surface area contributed by atoms with Crippen LogP contribution >= 0.6 is 0 Å². The minimum Gasteiger partial charge on any atom is -0.464 e. The van der Waals surface area contributed by atoms with Crippen LogP contribution in [0.5, 0.6) is 0 Å². The van der Waals surface area contributed by atoms with Gasteiger partial charge in [-0.25, -0.2) is 13.1 Å². The molecule has 0 aromatic rings. The van der Waals surface area contributed by atoms with Crippen molar-refractivity contribution < 1.29 is 58.9 Å². The Bertz CT molecular complexity index is 929. The third-order valence-corrected chi connectivity index (χ3v) is 8.17. The van der Waals surface area contributed by atoms with Gasteiger partial charge >= 0.3 is 24.3 Å². The van der Waals surface area contributed by atoms with E-state index in [0.29, 0.717) is 38.5 Å². The monoisotopic (exact) mass is 629 g/mol. The van der Waals surface area contributed by atoms with Gasteiger partial charge in [-0.05, 0) is 59.3 Å². The maximum absolute atomic E-state index is 13.1. The lowest BCUT2D eigenvalue weighted by Gasteiger charge is -2.39. The number of esters is 2. The van der Waals surface area contributed by atoms with E-state index in [4.69, 9.17) is 9.47 Å². The van der Waals surface area contributed by atoms with Crippen molar-refractivity contribution >= 4 is 22.0 Å². The molecule has 1 aliphatic rings. The SMILES string of the molecule is CCC(C)(C)C(=O)OC(CC(O)(C(F)(F)F)C(F)(F)F)C1CCCCC1.CCC(C)(C)C(=O)OCCNS(C)(=O)=O. The fraction of sp³-hybridized carbons (Fsp3) is 0.923. The first kappa shape index (κ1) is 39.4. The van der Waals surface area contributed by atoms with Crippen LogP contribution in [-0.4, -0.2) is 68.9 Å². The molecule has 1 unspecified atom stereocenters. The highest BCUT2D eigenvalue weighted by molar-refractivity contribution is 7.88. The third-order valence-electron chi connectivity index (χ3n) is 7.44. The summed E-state index contributed by atoms with van der Waals surface area (Å²) in [6, 6.07) is 0. The molecule has 0 aliphatic heterocycles. The first-order chi connectivity index (χ1) is 18.3. The van der Waals surface area contributed by atoms with Gasteiger partial charge in [-0.1, -0.05) is 33.1 Å². The molecule has 8 nitrogen and oxygen atoms in total. The highest BCUT2D eigenvalue weighted by atomic mass is 32.2. The Morgan fingerprint density at radius 3 is 1.71 bits per heavy atom. The van der Waals surface area contributed by atoms with Crippen molar-refractivity contribution in [2.45, 2.75) is 117 Å². The van der Waals surface area contributed by atoms with E-state index in [1.165, 1.54) is 13.8 Å². The zero-order valence-corrected chi connectivity index (χ0v) is 25.6. The molecule has 0 bridgehead atoms. The number of rotatable bonds is 12. The van der Waals surface area contributed by atoms with Gasteiger partial charge in [0.2, 0.25) is 10.0 Å². The van der Waals surface area contributed by atoms with Gasteiger partial charge in [0.1, 0.15) is 12.7 Å². The van der Waals surface area contributed by atoms with Gasteiger partial charge in [0.05, 0.1) is 17.1 Å². The number of hydrogen-bond acceptors (Lipinski definition) is 7. The molecule has 1 saturated carbocycles. The summed E-state index contributed by atoms with van der Waals surface area (Å²) in [6.07, 6.45) is -10.4. The quantitative estimate of drug-likeness (QED) is 0.162. The predicted molar refractivity (Wildman–Crippen MR) is 140 cm³/mol. The van der Waals surface area contributed by atoms with E-state index in [-0.39, 0.29) is 19.1 Å². The van der Waals surface area contributed by atoms with Gasteiger partial charge in [0.15, 0.2) is 0 Å². The van der Waals surface area contributed by atoms with Crippen LogP contribution in [0.25, 0.3) is 0 Å². The number of hydrogen-bond donors (Lipinski definition) is 2. The van der Waals surface area contributed by atoms with Crippen LogP contribution in [0, 0.1) is 16.7 Å². The molecular weight excluding hydrogens is 584 g/mol. The van der Waals surface area contributed by atoms with E-state index in [1.807, 2.05) is 6.92 Å². The number of alkyl halides is 6. The maximum Gasteiger partial charge on any atom is 0.426 e. The van der Waals surface area contributed by atoms with Gasteiger partial charge < -0.3 is 14.6 Å². The Morgan fingerprint density at radius 1 is 0.878 bits per heavy atom. The Labute approximate surface area is 239 Å². The van der Waals surface area contributed by atoms with Gasteiger partial charge in [-0.3, -0.25) is 9.59 Å². The molecule has 1 fully saturated rings. The zero-order chi connectivity index (χ0) is 32.5. The minimum atomic E-state index is -5.93. The lowest BCUT2D eigenvalue weighted by Crippen LogP contribution is -2.59. The number of ether oxygens (including phenoxy) is 2. The van der Waals surface area contributed by atoms with Crippen molar-refractivity contribution in [2.24, 2.45) is 16.7 Å². The standard InChI is InChI=1S/C17H26F6O3.C9H19NO4S/c1-4-14(2,3)13(24)26-12(11-8-6-5-7-9-11)10-15(25,16(18,19)20)17(21,22)23;1-5-9(2,3)8(11)14-7-6-10-15(4,12)13/h11-12,25H,4-10H2,1-3H3;10H,5-7H2,1-4H3. The Balaban J connectivity index is 0.000000909. The number of sulfonamides is 1. The molecule has 1 aliphatic carbocycles. The molecule has 15 heteroatoms. The molecule has 0 saturated heterocycles. The van der Waals surface area contributed by atoms with Crippen LogP contribution in [0.3, 0.4) is 0 Å². The highest BCUT2D eigenvalue weighted by Crippen LogP contribution is 2.48. The number of aliphatic hydroxyl groups is 1. The second kappa shape index (κ2) is 15.2. The molecule has 0 aromatic heterocycles. The van der Waals surface area contributed by atoms with Crippen LogP contribution in [0.1, 0.15) is 92.9 Å². The smallest absolute Gasteiger partial charge is 0.426 e. The molecule has 0 spiro atoms. The summed E-state index contributed by atoms with van der Waals surface area (Å²) in [5, 5.41) is 9.52. The Morgan fingerprint density at radius 2 is 1.32 bits per heavy atom. The fourth-order valence-electron chi connectivity index (χ4n) is 3.65. The summed E-state index contributed by atoms with van der Waals surface area (Å²) in [6.45, 7) is 10.3. The molecule has 0 radical (unpaired) electrons. The number of carbonyl (C=O) groups is 2. The van der Waals surface area contributed by atoms with E-state index in [9.17, 15) is 49.5 Å². The Hall–Kier alpha value is -1.61. The average Bonchev–Trinajstić information content (AvgIpc) is 2.84. The van der Waals surface area contributed by atoms with Crippen LogP contribution in [0.2, 0.25) is 0 Å². The third kappa shape index (κ3) is 12.7. The first-order valence-corrected chi connectivity index (χ1v) is 15.4. The second-order valence-electron chi connectivity index (χ2n) is 11.7. The minimum absolute atomic E-state index is 0.0648. The second-order valence-corrected chi connectivity index (χ2v) is 13.5. The normalized spacial score (nSPS) is 16.8. The summed E-state index contributed by atoms with van der Waals surface area (Å²) in [5.41, 5.74) is -6.47. The molecule has 1 atom stereocenters. The molecule has 1 rings (SSSR count). The summed E-state index contributed by atoms with van der Waals surface area (Å²) < 4.78 is 112. The van der Waals surface area contributed by atoms with Crippen molar-refractivity contribution in [2.75, 3.05) is 19.4 Å². The van der Waals surface area contributed by atoms with Crippen LogP contribution in [0.15, 0.2) is 0 Å². The van der Waals surface area contributed by atoms with Crippen molar-refractivity contribution in [1.29, 1.82) is 0 Å². The van der Waals surface area contributed by atoms with Crippen LogP contribution in [-0.2, 0) is 29.1 Å². The molecule has 0 aromatic carbocycles. The highest BCUT2D eigenvalue weighted by Gasteiger charge is 2.71. The molecule has 0 heterocycles. The van der Waals surface area contributed by atoms with E-state index >= 15 is 0 Å². The van der Waals surface area contributed by atoms with E-state index in [2.05, 4.69) is 4.72 Å². The molecule has 244 valence electrons. The number of carbonyl (C=O) groups excluding carboxylic acids is 2. The summed E-state index contributed by atoms with van der Waals surface area (Å²) in [5.74, 6) is -1.81. The summed E-state index contributed by atoms with van der Waals surface area (Å²) in [7, 11) is -3.20. The molecule has 2 N–H and O–H groups in total. The lowest BCUT2D eigenvalue weighted by molar-refractivity contribution is -0.375. The van der Waals surface area contributed by atoms with E-state index in [0.717, 1.165) is 12.7 Å². The number of nitrogens with one attached hydrogen (secondary N) is 1.